The van der Waals surface area contributed by atoms with Gasteiger partial charge in [-0.05, 0) is 50.9 Å². The van der Waals surface area contributed by atoms with Crippen LogP contribution in [0.2, 0.25) is 0 Å². The lowest BCUT2D eigenvalue weighted by molar-refractivity contribution is 0.167. The number of benzene rings is 1. The van der Waals surface area contributed by atoms with Gasteiger partial charge in [-0.15, -0.1) is 0 Å². The molecule has 0 spiro atoms. The third-order valence-electron chi connectivity index (χ3n) is 3.47. The van der Waals surface area contributed by atoms with Crippen LogP contribution >= 0.6 is 0 Å². The second kappa shape index (κ2) is 6.66. The zero-order valence-electron chi connectivity index (χ0n) is 11.9. The zero-order valence-corrected chi connectivity index (χ0v) is 11.9. The topological polar surface area (TPSA) is 39.7 Å². The largest absolute Gasteiger partial charge is 0.493 e. The fraction of sp³-hybridized carbons (Fsp3) is 0.600. The Morgan fingerprint density at radius 1 is 1.21 bits per heavy atom. The third-order valence-corrected chi connectivity index (χ3v) is 3.47. The van der Waals surface area contributed by atoms with Gasteiger partial charge >= 0.3 is 0 Å². The van der Waals surface area contributed by atoms with E-state index in [0.29, 0.717) is 17.8 Å². The van der Waals surface area contributed by atoms with E-state index in [1.54, 1.807) is 14.2 Å². The monoisotopic (exact) mass is 265 g/mol. The number of rotatable bonds is 8. The summed E-state index contributed by atoms with van der Waals surface area (Å²) in [6, 6.07) is 5.72. The molecule has 1 aromatic carbocycles. The van der Waals surface area contributed by atoms with Crippen molar-refractivity contribution in [3.05, 3.63) is 18.2 Å². The quantitative estimate of drug-likeness (QED) is 0.784. The van der Waals surface area contributed by atoms with Crippen LogP contribution in [0, 0.1) is 5.92 Å². The van der Waals surface area contributed by atoms with Gasteiger partial charge in [0, 0.05) is 6.07 Å². The number of hydrogen-bond donors (Lipinski definition) is 1. The molecule has 4 nitrogen and oxygen atoms in total. The molecule has 106 valence electrons. The first-order valence-electron chi connectivity index (χ1n) is 6.81. The van der Waals surface area contributed by atoms with Crippen molar-refractivity contribution < 1.29 is 14.2 Å². The molecule has 2 rings (SSSR count). The van der Waals surface area contributed by atoms with Crippen LogP contribution in [0.4, 0.5) is 0 Å². The van der Waals surface area contributed by atoms with Gasteiger partial charge in [0.1, 0.15) is 11.9 Å². The van der Waals surface area contributed by atoms with E-state index in [4.69, 9.17) is 14.2 Å². The van der Waals surface area contributed by atoms with Gasteiger partial charge in [0.05, 0.1) is 14.2 Å². The van der Waals surface area contributed by atoms with Gasteiger partial charge in [-0.2, -0.15) is 0 Å². The molecule has 19 heavy (non-hydrogen) atoms. The Balaban J connectivity index is 2.03. The van der Waals surface area contributed by atoms with Gasteiger partial charge in [0.25, 0.3) is 0 Å². The molecule has 0 amide bonds. The first-order chi connectivity index (χ1) is 9.28. The second-order valence-electron chi connectivity index (χ2n) is 4.90. The Bertz CT molecular complexity index is 404. The molecule has 0 bridgehead atoms. The molecule has 1 saturated carbocycles. The van der Waals surface area contributed by atoms with Gasteiger partial charge in [-0.25, -0.2) is 0 Å². The van der Waals surface area contributed by atoms with Crippen LogP contribution < -0.4 is 19.5 Å². The van der Waals surface area contributed by atoms with Crippen molar-refractivity contribution in [2.24, 2.45) is 5.92 Å². The standard InChI is InChI=1S/C15H23NO3/c1-16-9-8-13(11-4-5-11)19-12-6-7-14(17-2)15(10-12)18-3/h6-7,10-11,13,16H,4-5,8-9H2,1-3H3. The fourth-order valence-corrected chi connectivity index (χ4v) is 2.21. The minimum Gasteiger partial charge on any atom is -0.493 e. The van der Waals surface area contributed by atoms with E-state index >= 15 is 0 Å². The molecule has 0 heterocycles. The molecule has 1 N–H and O–H groups in total. The Morgan fingerprint density at radius 2 is 1.95 bits per heavy atom. The number of methoxy groups -OCH3 is 2. The van der Waals surface area contributed by atoms with Gasteiger partial charge < -0.3 is 19.5 Å². The Labute approximate surface area is 115 Å². The van der Waals surface area contributed by atoms with Crippen molar-refractivity contribution in [2.75, 3.05) is 27.8 Å². The first kappa shape index (κ1) is 14.0. The van der Waals surface area contributed by atoms with E-state index in [0.717, 1.165) is 24.5 Å². The van der Waals surface area contributed by atoms with E-state index in [9.17, 15) is 0 Å². The molecule has 0 radical (unpaired) electrons. The summed E-state index contributed by atoms with van der Waals surface area (Å²) in [5.74, 6) is 3.00. The van der Waals surface area contributed by atoms with Crippen molar-refractivity contribution in [3.8, 4) is 17.2 Å². The molecule has 0 aromatic heterocycles. The summed E-state index contributed by atoms with van der Waals surface area (Å²) in [5.41, 5.74) is 0. The Kier molecular flexibility index (Phi) is 4.91. The van der Waals surface area contributed by atoms with Crippen molar-refractivity contribution in [1.82, 2.24) is 5.32 Å². The van der Waals surface area contributed by atoms with Crippen LogP contribution in [-0.2, 0) is 0 Å². The number of hydrogen-bond acceptors (Lipinski definition) is 4. The molecule has 1 aliphatic rings. The minimum atomic E-state index is 0.297. The average Bonchev–Trinajstić information content (AvgIpc) is 3.27. The maximum atomic E-state index is 6.11. The fourth-order valence-electron chi connectivity index (χ4n) is 2.21. The summed E-state index contributed by atoms with van der Waals surface area (Å²) in [4.78, 5) is 0. The zero-order chi connectivity index (χ0) is 13.7. The summed E-state index contributed by atoms with van der Waals surface area (Å²) in [5, 5.41) is 3.18. The lowest BCUT2D eigenvalue weighted by atomic mass is 10.1. The highest BCUT2D eigenvalue weighted by Crippen LogP contribution is 2.38. The summed E-state index contributed by atoms with van der Waals surface area (Å²) >= 11 is 0. The molecule has 1 aromatic rings. The molecule has 1 atom stereocenters. The summed E-state index contributed by atoms with van der Waals surface area (Å²) in [7, 11) is 5.25. The van der Waals surface area contributed by atoms with E-state index in [2.05, 4.69) is 5.32 Å². The van der Waals surface area contributed by atoms with Gasteiger partial charge in [-0.1, -0.05) is 0 Å². The van der Waals surface area contributed by atoms with E-state index in [1.807, 2.05) is 25.2 Å². The van der Waals surface area contributed by atoms with Crippen LogP contribution in [0.5, 0.6) is 17.2 Å². The minimum absolute atomic E-state index is 0.297. The van der Waals surface area contributed by atoms with Crippen molar-refractivity contribution in [3.63, 3.8) is 0 Å². The SMILES string of the molecule is CNCCC(Oc1ccc(OC)c(OC)c1)C1CC1. The predicted molar refractivity (Wildman–Crippen MR) is 75.2 cm³/mol. The number of nitrogens with one attached hydrogen (secondary N) is 1. The van der Waals surface area contributed by atoms with E-state index in [1.165, 1.54) is 12.8 Å². The van der Waals surface area contributed by atoms with E-state index < -0.39 is 0 Å². The lowest BCUT2D eigenvalue weighted by Gasteiger charge is -2.19. The van der Waals surface area contributed by atoms with Crippen LogP contribution in [-0.4, -0.2) is 33.9 Å². The molecule has 1 fully saturated rings. The highest BCUT2D eigenvalue weighted by molar-refractivity contribution is 5.45. The maximum Gasteiger partial charge on any atom is 0.164 e. The molecule has 1 aliphatic carbocycles. The number of ether oxygens (including phenoxy) is 3. The summed E-state index contributed by atoms with van der Waals surface area (Å²) in [6.45, 7) is 0.981. The van der Waals surface area contributed by atoms with Crippen LogP contribution in [0.25, 0.3) is 0 Å². The molecular formula is C15H23NO3. The van der Waals surface area contributed by atoms with Gasteiger partial charge in [0.2, 0.25) is 0 Å². The molecular weight excluding hydrogens is 242 g/mol. The van der Waals surface area contributed by atoms with Crippen LogP contribution in [0.1, 0.15) is 19.3 Å². The van der Waals surface area contributed by atoms with Crippen molar-refractivity contribution in [2.45, 2.75) is 25.4 Å². The molecule has 4 heteroatoms. The lowest BCUT2D eigenvalue weighted by Crippen LogP contribution is -2.24. The molecule has 1 unspecified atom stereocenters. The Hall–Kier alpha value is -1.42. The second-order valence-corrected chi connectivity index (χ2v) is 4.90. The highest BCUT2D eigenvalue weighted by atomic mass is 16.5. The Morgan fingerprint density at radius 3 is 2.53 bits per heavy atom. The first-order valence-corrected chi connectivity index (χ1v) is 6.81. The predicted octanol–water partition coefficient (Wildman–Crippen LogP) is 2.47. The smallest absolute Gasteiger partial charge is 0.164 e. The van der Waals surface area contributed by atoms with Gasteiger partial charge in [-0.3, -0.25) is 0 Å². The summed E-state index contributed by atoms with van der Waals surface area (Å²) < 4.78 is 16.6. The van der Waals surface area contributed by atoms with Gasteiger partial charge in [0.15, 0.2) is 11.5 Å². The van der Waals surface area contributed by atoms with Crippen molar-refractivity contribution in [1.29, 1.82) is 0 Å². The molecule has 0 aliphatic heterocycles. The van der Waals surface area contributed by atoms with E-state index in [-0.39, 0.29) is 0 Å². The van der Waals surface area contributed by atoms with Crippen LogP contribution in [0.3, 0.4) is 0 Å². The third kappa shape index (κ3) is 3.77. The maximum absolute atomic E-state index is 6.11. The summed E-state index contributed by atoms with van der Waals surface area (Å²) in [6.07, 6.45) is 3.89. The van der Waals surface area contributed by atoms with Crippen molar-refractivity contribution >= 4 is 0 Å². The normalized spacial score (nSPS) is 15.9. The average molecular weight is 265 g/mol. The van der Waals surface area contributed by atoms with Crippen LogP contribution in [0.15, 0.2) is 18.2 Å². The highest BCUT2D eigenvalue weighted by Gasteiger charge is 2.32. The molecule has 0 saturated heterocycles.